The van der Waals surface area contributed by atoms with Crippen LogP contribution in [0.1, 0.15) is 12.8 Å². The Kier molecular flexibility index (Phi) is 8.20. The Bertz CT molecular complexity index is 180. The van der Waals surface area contributed by atoms with Gasteiger partial charge in [0.25, 0.3) is 0 Å². The van der Waals surface area contributed by atoms with Gasteiger partial charge in [-0.3, -0.25) is 0 Å². The van der Waals surface area contributed by atoms with E-state index in [-0.39, 0.29) is 36.0 Å². The molecule has 0 radical (unpaired) electrons. The van der Waals surface area contributed by atoms with E-state index in [0.29, 0.717) is 0 Å². The van der Waals surface area contributed by atoms with Gasteiger partial charge in [-0.25, -0.2) is 17.2 Å². The summed E-state index contributed by atoms with van der Waals surface area (Å²) in [6.07, 6.45) is -3.31. The van der Waals surface area contributed by atoms with Crippen molar-refractivity contribution in [1.82, 2.24) is 0 Å². The van der Waals surface area contributed by atoms with Crippen LogP contribution in [-0.2, 0) is 10.1 Å². The fourth-order valence-electron chi connectivity index (χ4n) is 0.414. The number of rotatable bonds is 4. The predicted molar refractivity (Wildman–Crippen MR) is 29.8 cm³/mol. The molecule has 7 heteroatoms. The first-order chi connectivity index (χ1) is 4.42. The van der Waals surface area contributed by atoms with Crippen molar-refractivity contribution in [3.05, 3.63) is 0 Å². The molecule has 0 fully saturated rings. The molecule has 0 saturated carbocycles. The van der Waals surface area contributed by atoms with Crippen LogP contribution < -0.4 is 29.6 Å². The predicted octanol–water partition coefficient (Wildman–Crippen LogP) is -2.42. The van der Waals surface area contributed by atoms with Crippen LogP contribution in [-0.4, -0.2) is 25.1 Å². The Hall–Kier alpha value is 0.770. The molecule has 0 unspecified atom stereocenters. The van der Waals surface area contributed by atoms with Gasteiger partial charge in [0, 0.05) is 12.2 Å². The van der Waals surface area contributed by atoms with Crippen molar-refractivity contribution >= 4 is 10.1 Å². The van der Waals surface area contributed by atoms with E-state index in [2.05, 4.69) is 0 Å². The normalized spacial score (nSPS) is 11.3. The molecule has 0 aromatic heterocycles. The minimum atomic E-state index is -4.30. The molecule has 3 nitrogen and oxygen atoms in total. The quantitative estimate of drug-likeness (QED) is 0.371. The Morgan fingerprint density at radius 2 is 1.82 bits per heavy atom. The van der Waals surface area contributed by atoms with E-state index in [4.69, 9.17) is 0 Å². The van der Waals surface area contributed by atoms with Crippen LogP contribution in [0, 0.1) is 0 Å². The molecule has 0 rings (SSSR count). The van der Waals surface area contributed by atoms with Crippen molar-refractivity contribution in [3.8, 4) is 0 Å². The monoisotopic (exact) mass is 196 g/mol. The van der Waals surface area contributed by atoms with E-state index in [1.807, 2.05) is 0 Å². The van der Waals surface area contributed by atoms with Gasteiger partial charge < -0.3 is 4.55 Å². The van der Waals surface area contributed by atoms with Crippen molar-refractivity contribution in [1.29, 1.82) is 0 Å². The minimum Gasteiger partial charge on any atom is -0.748 e. The molecule has 0 spiro atoms. The zero-order valence-corrected chi connectivity index (χ0v) is 8.90. The van der Waals surface area contributed by atoms with Gasteiger partial charge >= 0.3 is 29.6 Å². The van der Waals surface area contributed by atoms with Crippen LogP contribution in [0.4, 0.5) is 8.78 Å². The molecule has 0 aliphatic carbocycles. The van der Waals surface area contributed by atoms with E-state index in [0.717, 1.165) is 0 Å². The summed E-state index contributed by atoms with van der Waals surface area (Å²) in [6, 6.07) is 0. The summed E-state index contributed by atoms with van der Waals surface area (Å²) in [6.45, 7) is 0. The van der Waals surface area contributed by atoms with Crippen molar-refractivity contribution in [2.75, 3.05) is 5.75 Å². The maximum Gasteiger partial charge on any atom is 1.00 e. The van der Waals surface area contributed by atoms with Crippen LogP contribution in [0.2, 0.25) is 0 Å². The standard InChI is InChI=1S/C4H8F2O3S.Na/c5-4(6)2-1-3-10(7,8)9;/h4H,1-3H2,(H,7,8,9);/q;+1/p-1. The molecule has 0 bridgehead atoms. The fraction of sp³-hybridized carbons (Fsp3) is 1.00. The van der Waals surface area contributed by atoms with Crippen LogP contribution in [0.5, 0.6) is 0 Å². The molecule has 11 heavy (non-hydrogen) atoms. The van der Waals surface area contributed by atoms with Gasteiger partial charge in [0.15, 0.2) is 0 Å². The molecular weight excluding hydrogens is 189 g/mol. The number of hydrogen-bond acceptors (Lipinski definition) is 3. The molecule has 0 aliphatic heterocycles. The molecular formula is C4H7F2NaO3S. The largest absolute Gasteiger partial charge is 1.00 e. The average molecular weight is 196 g/mol. The van der Waals surface area contributed by atoms with E-state index in [1.165, 1.54) is 0 Å². The average Bonchev–Trinajstić information content (AvgIpc) is 1.59. The van der Waals surface area contributed by atoms with E-state index < -0.39 is 28.7 Å². The number of halogens is 2. The summed E-state index contributed by atoms with van der Waals surface area (Å²) in [5, 5.41) is 0. The Labute approximate surface area is 86.2 Å². The maximum absolute atomic E-state index is 11.3. The third kappa shape index (κ3) is 13.7. The Morgan fingerprint density at radius 3 is 2.09 bits per heavy atom. The van der Waals surface area contributed by atoms with Gasteiger partial charge in [0.2, 0.25) is 6.43 Å². The second kappa shape index (κ2) is 6.30. The summed E-state index contributed by atoms with van der Waals surface area (Å²) in [4.78, 5) is 0. The van der Waals surface area contributed by atoms with E-state index in [9.17, 15) is 21.8 Å². The van der Waals surface area contributed by atoms with E-state index in [1.54, 1.807) is 0 Å². The van der Waals surface area contributed by atoms with Crippen molar-refractivity contribution < 1.29 is 51.3 Å². The van der Waals surface area contributed by atoms with Gasteiger partial charge in [-0.05, 0) is 6.42 Å². The smallest absolute Gasteiger partial charge is 0.748 e. The summed E-state index contributed by atoms with van der Waals surface area (Å²) in [5.41, 5.74) is 0. The zero-order chi connectivity index (χ0) is 8.20. The van der Waals surface area contributed by atoms with Gasteiger partial charge in [0.05, 0.1) is 10.1 Å². The first-order valence-corrected chi connectivity index (χ1v) is 4.21. The number of alkyl halides is 2. The van der Waals surface area contributed by atoms with Crippen molar-refractivity contribution in [2.45, 2.75) is 19.3 Å². The van der Waals surface area contributed by atoms with Gasteiger partial charge in [0.1, 0.15) is 0 Å². The van der Waals surface area contributed by atoms with Crippen molar-refractivity contribution in [2.24, 2.45) is 0 Å². The summed E-state index contributed by atoms with van der Waals surface area (Å²) >= 11 is 0. The first kappa shape index (κ1) is 14.3. The molecule has 0 saturated heterocycles. The zero-order valence-electron chi connectivity index (χ0n) is 6.09. The molecule has 0 N–H and O–H groups in total. The Morgan fingerprint density at radius 1 is 1.36 bits per heavy atom. The minimum absolute atomic E-state index is 0. The fourth-order valence-corrected chi connectivity index (χ4v) is 0.935. The second-order valence-electron chi connectivity index (χ2n) is 1.80. The molecule has 0 amide bonds. The molecule has 0 aromatic rings. The SMILES string of the molecule is O=S(=O)([O-])CCCC(F)F.[Na+]. The molecule has 0 aromatic carbocycles. The molecule has 0 heterocycles. The second-order valence-corrected chi connectivity index (χ2v) is 3.32. The van der Waals surface area contributed by atoms with Crippen LogP contribution in [0.25, 0.3) is 0 Å². The van der Waals surface area contributed by atoms with E-state index >= 15 is 0 Å². The molecule has 0 atom stereocenters. The molecule has 62 valence electrons. The summed E-state index contributed by atoms with van der Waals surface area (Å²) in [7, 11) is -4.30. The Balaban J connectivity index is 0. The van der Waals surface area contributed by atoms with Crippen molar-refractivity contribution in [3.63, 3.8) is 0 Å². The molecule has 0 aliphatic rings. The van der Waals surface area contributed by atoms with Crippen LogP contribution in [0.3, 0.4) is 0 Å². The van der Waals surface area contributed by atoms with Gasteiger partial charge in [-0.15, -0.1) is 0 Å². The van der Waals surface area contributed by atoms with Gasteiger partial charge in [-0.1, -0.05) is 0 Å². The van der Waals surface area contributed by atoms with Crippen LogP contribution >= 0.6 is 0 Å². The van der Waals surface area contributed by atoms with Gasteiger partial charge in [-0.2, -0.15) is 0 Å². The summed E-state index contributed by atoms with van der Waals surface area (Å²) in [5.74, 6) is -0.697. The van der Waals surface area contributed by atoms with Crippen LogP contribution in [0.15, 0.2) is 0 Å². The third-order valence-corrected chi connectivity index (χ3v) is 1.61. The third-order valence-electron chi connectivity index (χ3n) is 0.817. The topological polar surface area (TPSA) is 57.2 Å². The number of hydrogen-bond donors (Lipinski definition) is 0. The maximum atomic E-state index is 11.3. The first-order valence-electron chi connectivity index (χ1n) is 2.63. The summed E-state index contributed by atoms with van der Waals surface area (Å²) < 4.78 is 52.1.